The van der Waals surface area contributed by atoms with Crippen molar-refractivity contribution in [3.05, 3.63) is 30.0 Å². The number of carbonyl (C=O) groups excluding carboxylic acids is 1. The lowest BCUT2D eigenvalue weighted by Crippen LogP contribution is -2.48. The van der Waals surface area contributed by atoms with Gasteiger partial charge in [0, 0.05) is 19.0 Å². The molecule has 1 saturated carbocycles. The molecule has 2 fully saturated rings. The molecule has 7 nitrogen and oxygen atoms in total. The van der Waals surface area contributed by atoms with E-state index < -0.39 is 0 Å². The molecule has 2 aromatic heterocycles. The summed E-state index contributed by atoms with van der Waals surface area (Å²) in [5, 5.41) is 9.51. The van der Waals surface area contributed by atoms with Gasteiger partial charge in [-0.1, -0.05) is 11.8 Å². The third-order valence-corrected chi connectivity index (χ3v) is 5.63. The largest absolute Gasteiger partial charge is 0.467 e. The second-order valence-corrected chi connectivity index (χ2v) is 8.07. The number of thioether (sulfide) groups is 1. The standard InChI is InChI=1S/C18H24N4O3S/c1-12-8-21(9-13(2)25-12)16(23)11-26-18-20-19-17(14-5-6-14)22(18)10-15-4-3-7-24-15/h3-4,7,12-14H,5-6,8-11H2,1-2H3. The summed E-state index contributed by atoms with van der Waals surface area (Å²) in [6.45, 7) is 5.91. The zero-order valence-electron chi connectivity index (χ0n) is 15.1. The molecule has 2 atom stereocenters. The number of rotatable bonds is 6. The molecule has 1 aliphatic carbocycles. The first-order chi connectivity index (χ1) is 12.6. The lowest BCUT2D eigenvalue weighted by Gasteiger charge is -2.35. The summed E-state index contributed by atoms with van der Waals surface area (Å²) in [6.07, 6.45) is 4.15. The summed E-state index contributed by atoms with van der Waals surface area (Å²) in [4.78, 5) is 14.5. The first kappa shape index (κ1) is 17.6. The third-order valence-electron chi connectivity index (χ3n) is 4.68. The summed E-state index contributed by atoms with van der Waals surface area (Å²) in [5.41, 5.74) is 0. The van der Waals surface area contributed by atoms with Gasteiger partial charge in [-0.15, -0.1) is 10.2 Å². The Kier molecular flexibility index (Phi) is 5.04. The lowest BCUT2D eigenvalue weighted by molar-refractivity contribution is -0.140. The van der Waals surface area contributed by atoms with Crippen molar-refractivity contribution in [1.29, 1.82) is 0 Å². The van der Waals surface area contributed by atoms with Crippen LogP contribution in [0.3, 0.4) is 0 Å². The van der Waals surface area contributed by atoms with Crippen LogP contribution in [-0.4, -0.2) is 56.6 Å². The summed E-state index contributed by atoms with van der Waals surface area (Å²) in [6, 6.07) is 3.83. The molecular weight excluding hydrogens is 352 g/mol. The van der Waals surface area contributed by atoms with Crippen molar-refractivity contribution in [3.63, 3.8) is 0 Å². The molecule has 4 rings (SSSR count). The molecule has 0 bridgehead atoms. The van der Waals surface area contributed by atoms with E-state index >= 15 is 0 Å². The maximum absolute atomic E-state index is 12.6. The van der Waals surface area contributed by atoms with E-state index in [0.717, 1.165) is 29.6 Å². The molecule has 1 amide bonds. The van der Waals surface area contributed by atoms with Crippen LogP contribution in [0.5, 0.6) is 0 Å². The topological polar surface area (TPSA) is 73.4 Å². The Morgan fingerprint density at radius 2 is 2.04 bits per heavy atom. The molecule has 0 aromatic carbocycles. The van der Waals surface area contributed by atoms with Crippen LogP contribution in [-0.2, 0) is 16.1 Å². The van der Waals surface area contributed by atoms with E-state index in [1.807, 2.05) is 30.9 Å². The maximum atomic E-state index is 12.6. The van der Waals surface area contributed by atoms with Crippen molar-refractivity contribution in [2.45, 2.75) is 56.5 Å². The first-order valence-electron chi connectivity index (χ1n) is 9.11. The zero-order valence-corrected chi connectivity index (χ0v) is 15.9. The van der Waals surface area contributed by atoms with Crippen LogP contribution in [0.1, 0.15) is 44.2 Å². The number of hydrogen-bond acceptors (Lipinski definition) is 6. The van der Waals surface area contributed by atoms with E-state index in [1.54, 1.807) is 6.26 Å². The highest BCUT2D eigenvalue weighted by atomic mass is 32.2. The van der Waals surface area contributed by atoms with Gasteiger partial charge in [-0.2, -0.15) is 0 Å². The highest BCUT2D eigenvalue weighted by molar-refractivity contribution is 7.99. The number of amides is 1. The normalized spacial score (nSPS) is 23.4. The Labute approximate surface area is 157 Å². The molecule has 1 aliphatic heterocycles. The van der Waals surface area contributed by atoms with Crippen molar-refractivity contribution >= 4 is 17.7 Å². The molecule has 140 valence electrons. The minimum absolute atomic E-state index is 0.0803. The van der Waals surface area contributed by atoms with Crippen LogP contribution < -0.4 is 0 Å². The average Bonchev–Trinajstić information content (AvgIpc) is 3.17. The molecule has 2 aromatic rings. The molecule has 2 unspecified atom stereocenters. The zero-order chi connectivity index (χ0) is 18.1. The Bertz CT molecular complexity index is 747. The molecule has 1 saturated heterocycles. The Hall–Kier alpha value is -1.80. The van der Waals surface area contributed by atoms with Crippen molar-refractivity contribution in [2.75, 3.05) is 18.8 Å². The smallest absolute Gasteiger partial charge is 0.233 e. The lowest BCUT2D eigenvalue weighted by atomic mass is 10.2. The van der Waals surface area contributed by atoms with Crippen LogP contribution in [0.4, 0.5) is 0 Å². The molecule has 8 heteroatoms. The van der Waals surface area contributed by atoms with E-state index in [0.29, 0.717) is 31.3 Å². The second kappa shape index (κ2) is 7.44. The van der Waals surface area contributed by atoms with Crippen LogP contribution >= 0.6 is 11.8 Å². The summed E-state index contributed by atoms with van der Waals surface area (Å²) in [7, 11) is 0. The fourth-order valence-corrected chi connectivity index (χ4v) is 4.20. The Balaban J connectivity index is 1.43. The molecular formula is C18H24N4O3S. The second-order valence-electron chi connectivity index (χ2n) is 7.13. The minimum atomic E-state index is 0.0803. The Morgan fingerprint density at radius 1 is 1.27 bits per heavy atom. The molecule has 3 heterocycles. The third kappa shape index (κ3) is 3.96. The fourth-order valence-electron chi connectivity index (χ4n) is 3.36. The Morgan fingerprint density at radius 3 is 2.69 bits per heavy atom. The molecule has 0 spiro atoms. The monoisotopic (exact) mass is 376 g/mol. The molecule has 2 aliphatic rings. The highest BCUT2D eigenvalue weighted by Crippen LogP contribution is 2.40. The number of ether oxygens (including phenoxy) is 1. The van der Waals surface area contributed by atoms with Gasteiger partial charge in [0.15, 0.2) is 5.16 Å². The number of furan rings is 1. The van der Waals surface area contributed by atoms with Gasteiger partial charge in [-0.25, -0.2) is 0 Å². The van der Waals surface area contributed by atoms with Crippen LogP contribution in [0.15, 0.2) is 28.0 Å². The first-order valence-corrected chi connectivity index (χ1v) is 10.1. The number of nitrogens with zero attached hydrogens (tertiary/aromatic N) is 4. The molecule has 0 radical (unpaired) electrons. The fraction of sp³-hybridized carbons (Fsp3) is 0.611. The average molecular weight is 376 g/mol. The van der Waals surface area contributed by atoms with E-state index in [2.05, 4.69) is 14.8 Å². The van der Waals surface area contributed by atoms with Gasteiger partial charge in [0.2, 0.25) is 5.91 Å². The molecule has 26 heavy (non-hydrogen) atoms. The van der Waals surface area contributed by atoms with Crippen molar-refractivity contribution in [1.82, 2.24) is 19.7 Å². The summed E-state index contributed by atoms with van der Waals surface area (Å²) < 4.78 is 13.3. The number of morpholine rings is 1. The predicted octanol–water partition coefficient (Wildman–Crippen LogP) is 2.52. The van der Waals surface area contributed by atoms with Crippen LogP contribution in [0, 0.1) is 0 Å². The van der Waals surface area contributed by atoms with Crippen molar-refractivity contribution < 1.29 is 13.9 Å². The number of aromatic nitrogens is 3. The number of hydrogen-bond donors (Lipinski definition) is 0. The molecule has 0 N–H and O–H groups in total. The minimum Gasteiger partial charge on any atom is -0.467 e. The summed E-state index contributed by atoms with van der Waals surface area (Å²) >= 11 is 1.45. The van der Waals surface area contributed by atoms with Gasteiger partial charge in [0.05, 0.1) is 30.8 Å². The maximum Gasteiger partial charge on any atom is 0.233 e. The van der Waals surface area contributed by atoms with Gasteiger partial charge >= 0.3 is 0 Å². The van der Waals surface area contributed by atoms with Gasteiger partial charge in [-0.05, 0) is 38.8 Å². The van der Waals surface area contributed by atoms with Crippen LogP contribution in [0.2, 0.25) is 0 Å². The van der Waals surface area contributed by atoms with Gasteiger partial charge < -0.3 is 14.1 Å². The van der Waals surface area contributed by atoms with E-state index in [1.165, 1.54) is 11.8 Å². The van der Waals surface area contributed by atoms with Gasteiger partial charge in [0.25, 0.3) is 0 Å². The van der Waals surface area contributed by atoms with Gasteiger partial charge in [-0.3, -0.25) is 9.36 Å². The number of carbonyl (C=O) groups is 1. The van der Waals surface area contributed by atoms with E-state index in [4.69, 9.17) is 9.15 Å². The van der Waals surface area contributed by atoms with Crippen molar-refractivity contribution in [3.8, 4) is 0 Å². The quantitative estimate of drug-likeness (QED) is 0.722. The van der Waals surface area contributed by atoms with Crippen LogP contribution in [0.25, 0.3) is 0 Å². The predicted molar refractivity (Wildman–Crippen MR) is 97.1 cm³/mol. The van der Waals surface area contributed by atoms with E-state index in [9.17, 15) is 4.79 Å². The van der Waals surface area contributed by atoms with Crippen molar-refractivity contribution in [2.24, 2.45) is 0 Å². The SMILES string of the molecule is CC1CN(C(=O)CSc2nnc(C3CC3)n2Cc2ccco2)CC(C)O1. The highest BCUT2D eigenvalue weighted by Gasteiger charge is 2.31. The van der Waals surface area contributed by atoms with E-state index in [-0.39, 0.29) is 18.1 Å². The summed E-state index contributed by atoms with van der Waals surface area (Å²) in [5.74, 6) is 2.85. The van der Waals surface area contributed by atoms with Gasteiger partial charge in [0.1, 0.15) is 11.6 Å².